The number of halogens is 3. The maximum absolute atomic E-state index is 13.7. The molecular formula is C11H5Cl2FN4S. The van der Waals surface area contributed by atoms with Gasteiger partial charge in [-0.2, -0.15) is 8.75 Å². The van der Waals surface area contributed by atoms with Crippen LogP contribution >= 0.6 is 34.9 Å². The van der Waals surface area contributed by atoms with Crippen molar-refractivity contribution >= 4 is 57.5 Å². The lowest BCUT2D eigenvalue weighted by molar-refractivity contribution is 0.626. The smallest absolute Gasteiger partial charge is 0.167 e. The molecule has 0 radical (unpaired) electrons. The number of nitrogens with zero attached hydrogens (tertiary/aromatic N) is 3. The second-order valence-electron chi connectivity index (χ2n) is 3.66. The van der Waals surface area contributed by atoms with Gasteiger partial charge < -0.3 is 5.32 Å². The SMILES string of the molecule is Fc1cc(Cl)cnc1Nc1c(Cl)ccc2nsnc12. The zero-order valence-electron chi connectivity index (χ0n) is 9.19. The van der Waals surface area contributed by atoms with Crippen LogP contribution in [-0.4, -0.2) is 13.7 Å². The summed E-state index contributed by atoms with van der Waals surface area (Å²) in [4.78, 5) is 3.88. The first-order valence-corrected chi connectivity index (χ1v) is 6.62. The minimum atomic E-state index is -0.566. The van der Waals surface area contributed by atoms with E-state index < -0.39 is 5.82 Å². The van der Waals surface area contributed by atoms with Crippen molar-refractivity contribution in [3.8, 4) is 0 Å². The van der Waals surface area contributed by atoms with Crippen molar-refractivity contribution in [1.29, 1.82) is 0 Å². The number of fused-ring (bicyclic) bond motifs is 1. The number of pyridine rings is 1. The van der Waals surface area contributed by atoms with Gasteiger partial charge in [0.15, 0.2) is 11.6 Å². The minimum Gasteiger partial charge on any atom is -0.335 e. The fourth-order valence-corrected chi connectivity index (χ4v) is 2.46. The van der Waals surface area contributed by atoms with Crippen molar-refractivity contribution in [3.05, 3.63) is 40.3 Å². The molecule has 0 unspecified atom stereocenters. The van der Waals surface area contributed by atoms with Gasteiger partial charge in [0.25, 0.3) is 0 Å². The highest BCUT2D eigenvalue weighted by atomic mass is 35.5. The summed E-state index contributed by atoms with van der Waals surface area (Å²) < 4.78 is 21.9. The highest BCUT2D eigenvalue weighted by molar-refractivity contribution is 7.00. The standard InChI is InChI=1S/C11H5Cl2FN4S/c12-5-3-7(14)11(15-4-5)16-9-6(13)1-2-8-10(9)18-19-17-8/h1-4H,(H,15,16). The van der Waals surface area contributed by atoms with Crippen LogP contribution in [0, 0.1) is 5.82 Å². The lowest BCUT2D eigenvalue weighted by Crippen LogP contribution is -1.98. The third kappa shape index (κ3) is 2.34. The van der Waals surface area contributed by atoms with Gasteiger partial charge in [-0.15, -0.1) is 0 Å². The van der Waals surface area contributed by atoms with Gasteiger partial charge in [0.2, 0.25) is 0 Å². The van der Waals surface area contributed by atoms with Gasteiger partial charge in [-0.25, -0.2) is 9.37 Å². The fraction of sp³-hybridized carbons (Fsp3) is 0. The predicted octanol–water partition coefficient (Wildman–Crippen LogP) is 4.28. The number of aromatic nitrogens is 3. The third-order valence-corrected chi connectivity index (χ3v) is 3.49. The molecule has 96 valence electrons. The van der Waals surface area contributed by atoms with E-state index in [1.165, 1.54) is 12.3 Å². The molecule has 0 amide bonds. The zero-order valence-corrected chi connectivity index (χ0v) is 11.5. The molecule has 0 bridgehead atoms. The molecule has 0 fully saturated rings. The Kier molecular flexibility index (Phi) is 3.22. The number of benzene rings is 1. The molecule has 1 N–H and O–H groups in total. The molecule has 3 aromatic rings. The van der Waals surface area contributed by atoms with Gasteiger partial charge in [-0.3, -0.25) is 0 Å². The van der Waals surface area contributed by atoms with Crippen molar-refractivity contribution in [2.75, 3.05) is 5.32 Å². The van der Waals surface area contributed by atoms with Gasteiger partial charge in [0, 0.05) is 6.20 Å². The molecule has 19 heavy (non-hydrogen) atoms. The summed E-state index contributed by atoms with van der Waals surface area (Å²) in [5.74, 6) is -0.532. The van der Waals surface area contributed by atoms with Crippen LogP contribution < -0.4 is 5.32 Å². The minimum absolute atomic E-state index is 0.0341. The molecule has 3 rings (SSSR count). The molecule has 2 aromatic heterocycles. The van der Waals surface area contributed by atoms with Crippen molar-refractivity contribution in [1.82, 2.24) is 13.7 Å². The van der Waals surface area contributed by atoms with Crippen LogP contribution in [0.2, 0.25) is 10.0 Å². The Morgan fingerprint density at radius 2 is 2.05 bits per heavy atom. The molecule has 1 aromatic carbocycles. The molecule has 0 saturated heterocycles. The second kappa shape index (κ2) is 4.88. The van der Waals surface area contributed by atoms with E-state index in [1.54, 1.807) is 12.1 Å². The van der Waals surface area contributed by atoms with Crippen LogP contribution in [-0.2, 0) is 0 Å². The number of hydrogen-bond acceptors (Lipinski definition) is 5. The maximum atomic E-state index is 13.7. The summed E-state index contributed by atoms with van der Waals surface area (Å²) in [5.41, 5.74) is 1.74. The van der Waals surface area contributed by atoms with E-state index in [1.807, 2.05) is 0 Å². The van der Waals surface area contributed by atoms with E-state index in [4.69, 9.17) is 23.2 Å². The average Bonchev–Trinajstić information content (AvgIpc) is 2.84. The molecule has 0 aliphatic heterocycles. The van der Waals surface area contributed by atoms with Gasteiger partial charge >= 0.3 is 0 Å². The number of rotatable bonds is 2. The fourth-order valence-electron chi connectivity index (χ4n) is 1.57. The van der Waals surface area contributed by atoms with E-state index in [0.29, 0.717) is 21.7 Å². The van der Waals surface area contributed by atoms with Crippen LogP contribution in [0.25, 0.3) is 11.0 Å². The first-order valence-electron chi connectivity index (χ1n) is 5.14. The van der Waals surface area contributed by atoms with Crippen LogP contribution in [0.3, 0.4) is 0 Å². The highest BCUT2D eigenvalue weighted by Crippen LogP contribution is 2.32. The van der Waals surface area contributed by atoms with Crippen molar-refractivity contribution < 1.29 is 4.39 Å². The quantitative estimate of drug-likeness (QED) is 0.767. The topological polar surface area (TPSA) is 50.7 Å². The Morgan fingerprint density at radius 3 is 2.84 bits per heavy atom. The summed E-state index contributed by atoms with van der Waals surface area (Å²) in [6, 6.07) is 4.59. The molecule has 0 saturated carbocycles. The zero-order chi connectivity index (χ0) is 13.4. The second-order valence-corrected chi connectivity index (χ2v) is 5.04. The van der Waals surface area contributed by atoms with Crippen LogP contribution in [0.15, 0.2) is 24.4 Å². The molecule has 0 aliphatic carbocycles. The Bertz CT molecular complexity index is 762. The van der Waals surface area contributed by atoms with Gasteiger partial charge in [0.1, 0.15) is 11.0 Å². The molecule has 2 heterocycles. The maximum Gasteiger partial charge on any atom is 0.167 e. The van der Waals surface area contributed by atoms with Crippen molar-refractivity contribution in [3.63, 3.8) is 0 Å². The van der Waals surface area contributed by atoms with Gasteiger partial charge in [0.05, 0.1) is 27.5 Å². The monoisotopic (exact) mass is 314 g/mol. The largest absolute Gasteiger partial charge is 0.335 e. The van der Waals surface area contributed by atoms with Gasteiger partial charge in [-0.1, -0.05) is 23.2 Å². The Labute approximate surface area is 121 Å². The van der Waals surface area contributed by atoms with Gasteiger partial charge in [-0.05, 0) is 18.2 Å². The lowest BCUT2D eigenvalue weighted by Gasteiger charge is -2.08. The molecular weight excluding hydrogens is 310 g/mol. The molecule has 0 atom stereocenters. The van der Waals surface area contributed by atoms with Crippen molar-refractivity contribution in [2.24, 2.45) is 0 Å². The normalized spacial score (nSPS) is 10.9. The summed E-state index contributed by atoms with van der Waals surface area (Å²) >= 11 is 12.8. The molecule has 8 heteroatoms. The molecule has 0 aliphatic rings. The van der Waals surface area contributed by atoms with Crippen LogP contribution in [0.5, 0.6) is 0 Å². The average molecular weight is 315 g/mol. The lowest BCUT2D eigenvalue weighted by atomic mass is 10.2. The van der Waals surface area contributed by atoms with Crippen LogP contribution in [0.1, 0.15) is 0 Å². The van der Waals surface area contributed by atoms with E-state index in [-0.39, 0.29) is 10.8 Å². The third-order valence-electron chi connectivity index (χ3n) is 2.43. The Morgan fingerprint density at radius 1 is 1.21 bits per heavy atom. The van der Waals surface area contributed by atoms with E-state index >= 15 is 0 Å². The summed E-state index contributed by atoms with van der Waals surface area (Å²) in [6.45, 7) is 0. The number of hydrogen-bond donors (Lipinski definition) is 1. The van der Waals surface area contributed by atoms with Crippen LogP contribution in [0.4, 0.5) is 15.9 Å². The molecule has 4 nitrogen and oxygen atoms in total. The number of nitrogens with one attached hydrogen (secondary N) is 1. The summed E-state index contributed by atoms with van der Waals surface area (Å²) in [5, 5.41) is 3.46. The highest BCUT2D eigenvalue weighted by Gasteiger charge is 2.13. The number of anilines is 2. The van der Waals surface area contributed by atoms with E-state index in [0.717, 1.165) is 11.7 Å². The first kappa shape index (κ1) is 12.5. The summed E-state index contributed by atoms with van der Waals surface area (Å²) in [6.07, 6.45) is 1.35. The van der Waals surface area contributed by atoms with E-state index in [9.17, 15) is 4.39 Å². The predicted molar refractivity (Wildman–Crippen MR) is 74.9 cm³/mol. The Balaban J connectivity index is 2.10. The molecule has 0 spiro atoms. The summed E-state index contributed by atoms with van der Waals surface area (Å²) in [7, 11) is 0. The Hall–Kier alpha value is -1.50. The van der Waals surface area contributed by atoms with E-state index in [2.05, 4.69) is 19.0 Å². The first-order chi connectivity index (χ1) is 9.15. The van der Waals surface area contributed by atoms with Crippen molar-refractivity contribution in [2.45, 2.75) is 0 Å².